The highest BCUT2D eigenvalue weighted by molar-refractivity contribution is 6.30. The van der Waals surface area contributed by atoms with Gasteiger partial charge in [0.2, 0.25) is 5.91 Å². The Morgan fingerprint density at radius 1 is 0.833 bits per heavy atom. The second-order valence-electron chi connectivity index (χ2n) is 8.02. The first kappa shape index (κ1) is 20.6. The molecule has 1 saturated carbocycles. The third kappa shape index (κ3) is 6.19. The SMILES string of the molecule is O=C(CCc1ccc(CNCC2CC2)cc1)Nc1ccc(-c2ccc(Cl)cc2)cc1. The van der Waals surface area contributed by atoms with Crippen molar-refractivity contribution >= 4 is 23.2 Å². The van der Waals surface area contributed by atoms with Crippen LogP contribution in [-0.4, -0.2) is 12.5 Å². The van der Waals surface area contributed by atoms with Crippen molar-refractivity contribution in [3.63, 3.8) is 0 Å². The van der Waals surface area contributed by atoms with E-state index in [1.165, 1.54) is 24.0 Å². The molecule has 3 nitrogen and oxygen atoms in total. The highest BCUT2D eigenvalue weighted by Gasteiger charge is 2.20. The van der Waals surface area contributed by atoms with Gasteiger partial charge in [-0.25, -0.2) is 0 Å². The standard InChI is InChI=1S/C26H27ClN2O/c27-24-12-8-22(9-13-24)23-10-14-25(15-11-23)29-26(30)16-7-19-1-3-20(4-2-19)17-28-18-21-5-6-21/h1-4,8-15,21,28H,5-7,16-18H2,(H,29,30). The van der Waals surface area contributed by atoms with Crippen LogP contribution in [0.1, 0.15) is 30.4 Å². The number of carbonyl (C=O) groups excluding carboxylic acids is 1. The van der Waals surface area contributed by atoms with E-state index in [0.29, 0.717) is 6.42 Å². The Morgan fingerprint density at radius 2 is 1.43 bits per heavy atom. The Kier molecular flexibility index (Phi) is 6.83. The van der Waals surface area contributed by atoms with Gasteiger partial charge in [-0.3, -0.25) is 4.79 Å². The van der Waals surface area contributed by atoms with Gasteiger partial charge in [-0.2, -0.15) is 0 Å². The van der Waals surface area contributed by atoms with Crippen LogP contribution in [0, 0.1) is 5.92 Å². The van der Waals surface area contributed by atoms with Gasteiger partial charge in [0, 0.05) is 23.7 Å². The molecule has 0 aliphatic heterocycles. The van der Waals surface area contributed by atoms with Crippen LogP contribution >= 0.6 is 11.6 Å². The average Bonchev–Trinajstić information content (AvgIpc) is 3.59. The first-order valence-electron chi connectivity index (χ1n) is 10.6. The Labute approximate surface area is 183 Å². The molecular formula is C26H27ClN2O. The number of halogens is 1. The topological polar surface area (TPSA) is 41.1 Å². The van der Waals surface area contributed by atoms with Crippen molar-refractivity contribution in [2.45, 2.75) is 32.2 Å². The monoisotopic (exact) mass is 418 g/mol. The van der Waals surface area contributed by atoms with E-state index in [2.05, 4.69) is 34.9 Å². The maximum atomic E-state index is 12.3. The summed E-state index contributed by atoms with van der Waals surface area (Å²) in [5.41, 5.74) is 5.49. The number of aryl methyl sites for hydroxylation is 1. The van der Waals surface area contributed by atoms with E-state index in [9.17, 15) is 4.79 Å². The maximum Gasteiger partial charge on any atom is 0.224 e. The van der Waals surface area contributed by atoms with E-state index in [1.54, 1.807) is 0 Å². The summed E-state index contributed by atoms with van der Waals surface area (Å²) in [6, 6.07) is 24.2. The number of rotatable bonds is 9. The van der Waals surface area contributed by atoms with Crippen LogP contribution in [-0.2, 0) is 17.8 Å². The lowest BCUT2D eigenvalue weighted by Gasteiger charge is -2.08. The number of hydrogen-bond acceptors (Lipinski definition) is 2. The normalized spacial score (nSPS) is 13.2. The summed E-state index contributed by atoms with van der Waals surface area (Å²) in [5.74, 6) is 0.931. The Morgan fingerprint density at radius 3 is 2.07 bits per heavy atom. The Hall–Kier alpha value is -2.62. The molecule has 1 aliphatic carbocycles. The molecule has 2 N–H and O–H groups in total. The first-order chi connectivity index (χ1) is 14.7. The minimum absolute atomic E-state index is 0.0319. The lowest BCUT2D eigenvalue weighted by atomic mass is 10.1. The van der Waals surface area contributed by atoms with Crippen molar-refractivity contribution in [3.05, 3.63) is 88.9 Å². The molecule has 4 heteroatoms. The molecule has 1 fully saturated rings. The third-order valence-corrected chi connectivity index (χ3v) is 5.72. The zero-order valence-electron chi connectivity index (χ0n) is 17.0. The van der Waals surface area contributed by atoms with Crippen LogP contribution in [0.25, 0.3) is 11.1 Å². The van der Waals surface area contributed by atoms with E-state index >= 15 is 0 Å². The van der Waals surface area contributed by atoms with Crippen LogP contribution < -0.4 is 10.6 Å². The molecule has 0 saturated heterocycles. The first-order valence-corrected chi connectivity index (χ1v) is 11.0. The van der Waals surface area contributed by atoms with Gasteiger partial charge in [0.1, 0.15) is 0 Å². The van der Waals surface area contributed by atoms with Gasteiger partial charge in [0.15, 0.2) is 0 Å². The van der Waals surface area contributed by atoms with Gasteiger partial charge in [0.05, 0.1) is 0 Å². The quantitative estimate of drug-likeness (QED) is 0.442. The zero-order chi connectivity index (χ0) is 20.8. The third-order valence-electron chi connectivity index (χ3n) is 5.47. The summed E-state index contributed by atoms with van der Waals surface area (Å²) in [4.78, 5) is 12.3. The van der Waals surface area contributed by atoms with Gasteiger partial charge in [-0.15, -0.1) is 0 Å². The summed E-state index contributed by atoms with van der Waals surface area (Å²) in [5, 5.41) is 7.22. The fraction of sp³-hybridized carbons (Fsp3) is 0.269. The molecule has 3 aromatic carbocycles. The Bertz CT molecular complexity index is 961. The van der Waals surface area contributed by atoms with Crippen molar-refractivity contribution in [1.29, 1.82) is 0 Å². The molecule has 0 atom stereocenters. The van der Waals surface area contributed by atoms with Crippen LogP contribution in [0.2, 0.25) is 5.02 Å². The van der Waals surface area contributed by atoms with Crippen LogP contribution in [0.4, 0.5) is 5.69 Å². The van der Waals surface area contributed by atoms with Gasteiger partial charge in [0.25, 0.3) is 0 Å². The highest BCUT2D eigenvalue weighted by Crippen LogP contribution is 2.27. The van der Waals surface area contributed by atoms with Gasteiger partial charge >= 0.3 is 0 Å². The van der Waals surface area contributed by atoms with Gasteiger partial charge in [-0.05, 0) is 78.2 Å². The molecule has 1 aliphatic rings. The number of carbonyl (C=O) groups is 1. The van der Waals surface area contributed by atoms with Crippen molar-refractivity contribution < 1.29 is 4.79 Å². The fourth-order valence-electron chi connectivity index (χ4n) is 3.44. The molecule has 1 amide bonds. The predicted molar refractivity (Wildman–Crippen MR) is 125 cm³/mol. The summed E-state index contributed by atoms with van der Waals surface area (Å²) in [6.45, 7) is 2.05. The van der Waals surface area contributed by atoms with Crippen molar-refractivity contribution in [3.8, 4) is 11.1 Å². The minimum Gasteiger partial charge on any atom is -0.326 e. The summed E-state index contributed by atoms with van der Waals surface area (Å²) in [6.07, 6.45) is 3.96. The molecule has 0 aromatic heterocycles. The lowest BCUT2D eigenvalue weighted by molar-refractivity contribution is -0.116. The number of amides is 1. The largest absolute Gasteiger partial charge is 0.326 e. The van der Waals surface area contributed by atoms with Crippen molar-refractivity contribution in [2.75, 3.05) is 11.9 Å². The summed E-state index contributed by atoms with van der Waals surface area (Å²) < 4.78 is 0. The molecule has 0 heterocycles. The molecule has 4 rings (SSSR count). The van der Waals surface area contributed by atoms with Crippen LogP contribution in [0.3, 0.4) is 0 Å². The lowest BCUT2D eigenvalue weighted by Crippen LogP contribution is -2.16. The summed E-state index contributed by atoms with van der Waals surface area (Å²) in [7, 11) is 0. The molecule has 30 heavy (non-hydrogen) atoms. The smallest absolute Gasteiger partial charge is 0.224 e. The second-order valence-corrected chi connectivity index (χ2v) is 8.46. The number of benzene rings is 3. The molecular weight excluding hydrogens is 392 g/mol. The second kappa shape index (κ2) is 9.92. The predicted octanol–water partition coefficient (Wildman–Crippen LogP) is 6.08. The fourth-order valence-corrected chi connectivity index (χ4v) is 3.56. The van der Waals surface area contributed by atoms with Gasteiger partial charge in [-0.1, -0.05) is 60.1 Å². The highest BCUT2D eigenvalue weighted by atomic mass is 35.5. The molecule has 0 radical (unpaired) electrons. The summed E-state index contributed by atoms with van der Waals surface area (Å²) >= 11 is 5.95. The van der Waals surface area contributed by atoms with E-state index in [4.69, 9.17) is 11.6 Å². The Balaban J connectivity index is 1.22. The van der Waals surface area contributed by atoms with E-state index in [-0.39, 0.29) is 5.91 Å². The minimum atomic E-state index is 0.0319. The molecule has 0 bridgehead atoms. The van der Waals surface area contributed by atoms with Gasteiger partial charge < -0.3 is 10.6 Å². The van der Waals surface area contributed by atoms with Crippen LogP contribution in [0.5, 0.6) is 0 Å². The maximum absolute atomic E-state index is 12.3. The molecule has 0 unspecified atom stereocenters. The number of nitrogens with one attached hydrogen (secondary N) is 2. The molecule has 154 valence electrons. The van der Waals surface area contributed by atoms with Crippen LogP contribution in [0.15, 0.2) is 72.8 Å². The number of hydrogen-bond donors (Lipinski definition) is 2. The molecule has 0 spiro atoms. The molecule has 3 aromatic rings. The van der Waals surface area contributed by atoms with E-state index in [0.717, 1.165) is 47.3 Å². The zero-order valence-corrected chi connectivity index (χ0v) is 17.8. The average molecular weight is 419 g/mol. The van der Waals surface area contributed by atoms with Crippen molar-refractivity contribution in [2.24, 2.45) is 5.92 Å². The van der Waals surface area contributed by atoms with E-state index in [1.807, 2.05) is 48.5 Å². The number of anilines is 1. The van der Waals surface area contributed by atoms with Crippen molar-refractivity contribution in [1.82, 2.24) is 5.32 Å². The van der Waals surface area contributed by atoms with E-state index < -0.39 is 0 Å².